The second-order valence-electron chi connectivity index (χ2n) is 5.36. The Kier molecular flexibility index (Phi) is 4.43. The Labute approximate surface area is 114 Å². The molecule has 1 aliphatic rings. The predicted octanol–water partition coefficient (Wildman–Crippen LogP) is 1.64. The van der Waals surface area contributed by atoms with E-state index in [-0.39, 0.29) is 25.0 Å². The summed E-state index contributed by atoms with van der Waals surface area (Å²) in [7, 11) is 0. The van der Waals surface area contributed by atoms with E-state index >= 15 is 0 Å². The summed E-state index contributed by atoms with van der Waals surface area (Å²) < 4.78 is 5.47. The van der Waals surface area contributed by atoms with Gasteiger partial charge in [0.1, 0.15) is 5.75 Å². The van der Waals surface area contributed by atoms with Gasteiger partial charge in [0.05, 0.1) is 0 Å². The quantitative estimate of drug-likeness (QED) is 0.878. The first-order valence-electron chi connectivity index (χ1n) is 6.71. The van der Waals surface area contributed by atoms with Gasteiger partial charge in [-0.2, -0.15) is 0 Å². The summed E-state index contributed by atoms with van der Waals surface area (Å²) in [5.41, 5.74) is 1.26. The standard InChI is InChI=1S/C15H21NO3/c1-11(2)13-3-5-14(6-4-13)19-10-15(18)16-7-12(8-16)9-17/h3-6,11-12,17H,7-10H2,1-2H3. The van der Waals surface area contributed by atoms with Crippen molar-refractivity contribution in [2.75, 3.05) is 26.3 Å². The van der Waals surface area contributed by atoms with Crippen molar-refractivity contribution in [1.29, 1.82) is 0 Å². The largest absolute Gasteiger partial charge is 0.484 e. The average molecular weight is 263 g/mol. The monoisotopic (exact) mass is 263 g/mol. The lowest BCUT2D eigenvalue weighted by Gasteiger charge is -2.38. The highest BCUT2D eigenvalue weighted by molar-refractivity contribution is 5.78. The van der Waals surface area contributed by atoms with E-state index in [1.165, 1.54) is 5.56 Å². The maximum atomic E-state index is 11.8. The SMILES string of the molecule is CC(C)c1ccc(OCC(=O)N2CC(CO)C2)cc1. The number of benzene rings is 1. The van der Waals surface area contributed by atoms with Gasteiger partial charge in [0.2, 0.25) is 0 Å². The molecule has 104 valence electrons. The highest BCUT2D eigenvalue weighted by atomic mass is 16.5. The number of carbonyl (C=O) groups excluding carboxylic acids is 1. The summed E-state index contributed by atoms with van der Waals surface area (Å²) >= 11 is 0. The normalized spacial score (nSPS) is 15.5. The van der Waals surface area contributed by atoms with E-state index in [2.05, 4.69) is 13.8 Å². The number of ether oxygens (including phenoxy) is 1. The van der Waals surface area contributed by atoms with Crippen molar-refractivity contribution in [2.45, 2.75) is 19.8 Å². The molecule has 0 radical (unpaired) electrons. The van der Waals surface area contributed by atoms with E-state index in [1.807, 2.05) is 24.3 Å². The molecule has 1 aromatic carbocycles. The van der Waals surface area contributed by atoms with E-state index in [9.17, 15) is 4.79 Å². The minimum atomic E-state index is -0.0161. The van der Waals surface area contributed by atoms with Crippen molar-refractivity contribution >= 4 is 5.91 Å². The fraction of sp³-hybridized carbons (Fsp3) is 0.533. The Morgan fingerprint density at radius 3 is 2.53 bits per heavy atom. The van der Waals surface area contributed by atoms with E-state index in [0.717, 1.165) is 5.75 Å². The first kappa shape index (κ1) is 13.9. The van der Waals surface area contributed by atoms with Gasteiger partial charge in [-0.3, -0.25) is 4.79 Å². The zero-order valence-electron chi connectivity index (χ0n) is 11.5. The van der Waals surface area contributed by atoms with Crippen molar-refractivity contribution in [3.8, 4) is 5.75 Å². The van der Waals surface area contributed by atoms with Crippen LogP contribution in [0.15, 0.2) is 24.3 Å². The molecule has 1 fully saturated rings. The molecular weight excluding hydrogens is 242 g/mol. The van der Waals surface area contributed by atoms with Crippen LogP contribution in [0.3, 0.4) is 0 Å². The molecule has 0 atom stereocenters. The van der Waals surface area contributed by atoms with Crippen molar-refractivity contribution in [1.82, 2.24) is 4.90 Å². The fourth-order valence-corrected chi connectivity index (χ4v) is 2.07. The lowest BCUT2D eigenvalue weighted by atomic mass is 10.0. The maximum absolute atomic E-state index is 11.8. The lowest BCUT2D eigenvalue weighted by Crippen LogP contribution is -2.52. The van der Waals surface area contributed by atoms with E-state index in [4.69, 9.17) is 9.84 Å². The van der Waals surface area contributed by atoms with Gasteiger partial charge in [-0.25, -0.2) is 0 Å². The highest BCUT2D eigenvalue weighted by Crippen LogP contribution is 2.19. The molecule has 2 rings (SSSR count). The minimum absolute atomic E-state index is 0.0161. The van der Waals surface area contributed by atoms with E-state index < -0.39 is 0 Å². The van der Waals surface area contributed by atoms with Gasteiger partial charge in [-0.05, 0) is 23.6 Å². The molecule has 4 heteroatoms. The summed E-state index contributed by atoms with van der Waals surface area (Å²) in [5, 5.41) is 8.90. The summed E-state index contributed by atoms with van der Waals surface area (Å²) in [6.07, 6.45) is 0. The van der Waals surface area contributed by atoms with Crippen LogP contribution in [-0.4, -0.2) is 42.2 Å². The Bertz CT molecular complexity index is 422. The van der Waals surface area contributed by atoms with E-state index in [0.29, 0.717) is 19.0 Å². The molecule has 4 nitrogen and oxygen atoms in total. The van der Waals surface area contributed by atoms with Gasteiger partial charge in [0, 0.05) is 25.6 Å². The van der Waals surface area contributed by atoms with Crippen LogP contribution in [0.25, 0.3) is 0 Å². The van der Waals surface area contributed by atoms with Gasteiger partial charge in [0.25, 0.3) is 5.91 Å². The van der Waals surface area contributed by atoms with Crippen LogP contribution in [0.1, 0.15) is 25.3 Å². The van der Waals surface area contributed by atoms with Gasteiger partial charge >= 0.3 is 0 Å². The Hall–Kier alpha value is -1.55. The molecule has 0 spiro atoms. The molecule has 1 heterocycles. The molecular formula is C15H21NO3. The Morgan fingerprint density at radius 1 is 1.37 bits per heavy atom. The number of aliphatic hydroxyl groups excluding tert-OH is 1. The molecule has 0 saturated carbocycles. The molecule has 0 aliphatic carbocycles. The number of amides is 1. The topological polar surface area (TPSA) is 49.8 Å². The Balaban J connectivity index is 1.77. The lowest BCUT2D eigenvalue weighted by molar-refractivity contribution is -0.140. The van der Waals surface area contributed by atoms with Gasteiger partial charge in [-0.1, -0.05) is 26.0 Å². The molecule has 1 amide bonds. The first-order valence-corrected chi connectivity index (χ1v) is 6.71. The van der Waals surface area contributed by atoms with Crippen LogP contribution >= 0.6 is 0 Å². The van der Waals surface area contributed by atoms with Crippen molar-refractivity contribution in [3.05, 3.63) is 29.8 Å². The van der Waals surface area contributed by atoms with Gasteiger partial charge in [-0.15, -0.1) is 0 Å². The van der Waals surface area contributed by atoms with Gasteiger partial charge in [0.15, 0.2) is 6.61 Å². The smallest absolute Gasteiger partial charge is 0.260 e. The molecule has 19 heavy (non-hydrogen) atoms. The van der Waals surface area contributed by atoms with Crippen LogP contribution in [0.5, 0.6) is 5.75 Å². The summed E-state index contributed by atoms with van der Waals surface area (Å²) in [4.78, 5) is 13.5. The van der Waals surface area contributed by atoms with Crippen LogP contribution in [-0.2, 0) is 4.79 Å². The third-order valence-corrected chi connectivity index (χ3v) is 3.48. The summed E-state index contributed by atoms with van der Waals surface area (Å²) in [6, 6.07) is 7.84. The number of hydrogen-bond acceptors (Lipinski definition) is 3. The van der Waals surface area contributed by atoms with Crippen LogP contribution in [0.4, 0.5) is 0 Å². The third kappa shape index (κ3) is 3.47. The number of nitrogens with zero attached hydrogens (tertiary/aromatic N) is 1. The van der Waals surface area contributed by atoms with E-state index in [1.54, 1.807) is 4.90 Å². The van der Waals surface area contributed by atoms with Crippen LogP contribution < -0.4 is 4.74 Å². The van der Waals surface area contributed by atoms with Crippen molar-refractivity contribution < 1.29 is 14.6 Å². The molecule has 0 unspecified atom stereocenters. The minimum Gasteiger partial charge on any atom is -0.484 e. The molecule has 1 aliphatic heterocycles. The molecule has 0 aromatic heterocycles. The predicted molar refractivity (Wildman–Crippen MR) is 73.2 cm³/mol. The Morgan fingerprint density at radius 2 is 2.00 bits per heavy atom. The first-order chi connectivity index (χ1) is 9.10. The molecule has 1 aromatic rings. The zero-order chi connectivity index (χ0) is 13.8. The number of rotatable bonds is 5. The second-order valence-corrected chi connectivity index (χ2v) is 5.36. The molecule has 0 bridgehead atoms. The fourth-order valence-electron chi connectivity index (χ4n) is 2.07. The number of likely N-dealkylation sites (tertiary alicyclic amines) is 1. The summed E-state index contributed by atoms with van der Waals surface area (Å²) in [5.74, 6) is 1.44. The number of aliphatic hydroxyl groups is 1. The van der Waals surface area contributed by atoms with Crippen molar-refractivity contribution in [2.24, 2.45) is 5.92 Å². The average Bonchev–Trinajstić information content (AvgIpc) is 2.35. The maximum Gasteiger partial charge on any atom is 0.260 e. The molecule has 1 saturated heterocycles. The highest BCUT2D eigenvalue weighted by Gasteiger charge is 2.29. The summed E-state index contributed by atoms with van der Waals surface area (Å²) in [6.45, 7) is 5.79. The third-order valence-electron chi connectivity index (χ3n) is 3.48. The molecule has 1 N–H and O–H groups in total. The van der Waals surface area contributed by atoms with Crippen molar-refractivity contribution in [3.63, 3.8) is 0 Å². The van der Waals surface area contributed by atoms with Gasteiger partial charge < -0.3 is 14.7 Å². The van der Waals surface area contributed by atoms with Crippen LogP contribution in [0.2, 0.25) is 0 Å². The van der Waals surface area contributed by atoms with Crippen LogP contribution in [0, 0.1) is 5.92 Å². The number of hydrogen-bond donors (Lipinski definition) is 1. The zero-order valence-corrected chi connectivity index (χ0v) is 11.5. The number of carbonyl (C=O) groups is 1. The second kappa shape index (κ2) is 6.06.